The van der Waals surface area contributed by atoms with Crippen LogP contribution in [0.2, 0.25) is 0 Å². The van der Waals surface area contributed by atoms with Gasteiger partial charge in [-0.3, -0.25) is 4.57 Å². The van der Waals surface area contributed by atoms with E-state index in [0.29, 0.717) is 11.0 Å². The van der Waals surface area contributed by atoms with Gasteiger partial charge in [0.15, 0.2) is 5.82 Å². The lowest BCUT2D eigenvalue weighted by Gasteiger charge is -2.01. The van der Waals surface area contributed by atoms with Crippen LogP contribution in [-0.4, -0.2) is 24.0 Å². The fraction of sp³-hybridized carbons (Fsp3) is 0. The van der Waals surface area contributed by atoms with E-state index in [1.807, 2.05) is 6.20 Å². The molecule has 3 rings (SSSR count). The van der Waals surface area contributed by atoms with Crippen LogP contribution in [0.25, 0.3) is 17.6 Å². The number of rotatable bonds is 0. The van der Waals surface area contributed by atoms with Crippen LogP contribution in [0.3, 0.4) is 0 Å². The number of hydrogen-bond donors (Lipinski definition) is 0. The summed E-state index contributed by atoms with van der Waals surface area (Å²) in [6.45, 7) is 0. The van der Waals surface area contributed by atoms with Gasteiger partial charge in [-0.25, -0.2) is 4.21 Å². The second-order valence-corrected chi connectivity index (χ2v) is 3.87. The first-order valence-electron chi connectivity index (χ1n) is 3.64. The van der Waals surface area contributed by atoms with Crippen LogP contribution in [0.1, 0.15) is 0 Å². The zero-order valence-electron chi connectivity index (χ0n) is 6.41. The summed E-state index contributed by atoms with van der Waals surface area (Å²) in [6.07, 6.45) is 5.18. The smallest absolute Gasteiger partial charge is 0.209 e. The second-order valence-electron chi connectivity index (χ2n) is 2.64. The summed E-state index contributed by atoms with van der Waals surface area (Å²) >= 11 is 0. The molecule has 0 saturated heterocycles. The number of fused-ring (bicyclic) bond motifs is 2. The summed E-state index contributed by atoms with van der Waals surface area (Å²) in [6, 6.07) is 0. The molecule has 0 N–H and O–H groups in total. The van der Waals surface area contributed by atoms with Crippen LogP contribution in [0, 0.1) is 0 Å². The van der Waals surface area contributed by atoms with Crippen molar-refractivity contribution in [2.45, 2.75) is 5.16 Å². The van der Waals surface area contributed by atoms with E-state index < -0.39 is 10.8 Å². The first-order valence-corrected chi connectivity index (χ1v) is 4.85. The maximum Gasteiger partial charge on any atom is 0.209 e. The molecule has 5 nitrogen and oxygen atoms in total. The van der Waals surface area contributed by atoms with Gasteiger partial charge in [0, 0.05) is 17.8 Å². The Morgan fingerprint density at radius 3 is 3.31 bits per heavy atom. The number of aromatic nitrogens is 4. The number of nitrogens with zero attached hydrogens (tertiary/aromatic N) is 4. The van der Waals surface area contributed by atoms with E-state index in [9.17, 15) is 4.21 Å². The molecule has 0 bridgehead atoms. The first kappa shape index (κ1) is 6.90. The predicted molar refractivity (Wildman–Crippen MR) is 46.2 cm³/mol. The summed E-state index contributed by atoms with van der Waals surface area (Å²) in [5.74, 6) is 0.545. The molecule has 0 saturated carbocycles. The van der Waals surface area contributed by atoms with Crippen molar-refractivity contribution in [2.75, 3.05) is 0 Å². The molecule has 13 heavy (non-hydrogen) atoms. The first-order chi connectivity index (χ1) is 6.34. The Balaban J connectivity index is 2.40. The largest absolute Gasteiger partial charge is 0.299 e. The fourth-order valence-corrected chi connectivity index (χ4v) is 2.09. The van der Waals surface area contributed by atoms with Gasteiger partial charge in [-0.15, -0.1) is 5.10 Å². The minimum atomic E-state index is -1.13. The van der Waals surface area contributed by atoms with Crippen LogP contribution in [0.4, 0.5) is 0 Å². The van der Waals surface area contributed by atoms with Crippen LogP contribution in [-0.2, 0) is 10.8 Å². The van der Waals surface area contributed by atoms with Crippen molar-refractivity contribution in [1.82, 2.24) is 19.7 Å². The third-order valence-electron chi connectivity index (χ3n) is 1.83. The third kappa shape index (κ3) is 0.858. The minimum absolute atomic E-state index is 0.507. The highest BCUT2D eigenvalue weighted by molar-refractivity contribution is 7.88. The molecule has 0 aromatic heterocycles. The summed E-state index contributed by atoms with van der Waals surface area (Å²) in [7, 11) is -1.13. The average molecular weight is 192 g/mol. The summed E-state index contributed by atoms with van der Waals surface area (Å²) < 4.78 is 13.0. The van der Waals surface area contributed by atoms with Gasteiger partial charge in [-0.1, -0.05) is 0 Å². The van der Waals surface area contributed by atoms with Crippen molar-refractivity contribution in [3.05, 3.63) is 17.8 Å². The molecular formula is C7H4N4OS. The summed E-state index contributed by atoms with van der Waals surface area (Å²) in [5, 5.41) is 9.61. The summed E-state index contributed by atoms with van der Waals surface area (Å²) in [4.78, 5) is 4.12. The fourth-order valence-electron chi connectivity index (χ4n) is 1.23. The van der Waals surface area contributed by atoms with Gasteiger partial charge in [0.2, 0.25) is 5.16 Å². The molecule has 0 amide bonds. The van der Waals surface area contributed by atoms with Gasteiger partial charge in [-0.2, -0.15) is 10.1 Å². The van der Waals surface area contributed by atoms with Gasteiger partial charge in [0.1, 0.15) is 10.8 Å². The van der Waals surface area contributed by atoms with Crippen molar-refractivity contribution in [1.29, 1.82) is 0 Å². The van der Waals surface area contributed by atoms with Crippen LogP contribution in [0.5, 0.6) is 0 Å². The van der Waals surface area contributed by atoms with E-state index in [4.69, 9.17) is 0 Å². The van der Waals surface area contributed by atoms with Crippen molar-refractivity contribution in [2.24, 2.45) is 0 Å². The molecular weight excluding hydrogens is 188 g/mol. The van der Waals surface area contributed by atoms with E-state index in [-0.39, 0.29) is 0 Å². The lowest BCUT2D eigenvalue weighted by atomic mass is 10.3. The zero-order chi connectivity index (χ0) is 8.84. The zero-order valence-corrected chi connectivity index (χ0v) is 7.23. The normalized spacial score (nSPS) is 19.5. The molecule has 64 valence electrons. The highest BCUT2D eigenvalue weighted by atomic mass is 32.2. The molecule has 6 heteroatoms. The van der Waals surface area contributed by atoms with Gasteiger partial charge in [0.25, 0.3) is 0 Å². The minimum Gasteiger partial charge on any atom is -0.299 e. The maximum atomic E-state index is 11.3. The SMILES string of the molecule is O=S1C=Cn2cc3cnnc-3nc21. The van der Waals surface area contributed by atoms with E-state index in [2.05, 4.69) is 15.2 Å². The quantitative estimate of drug-likeness (QED) is 0.564. The van der Waals surface area contributed by atoms with E-state index >= 15 is 0 Å². The third-order valence-corrected chi connectivity index (χ3v) is 2.86. The summed E-state index contributed by atoms with van der Waals surface area (Å²) in [5.41, 5.74) is 0.854. The van der Waals surface area contributed by atoms with Crippen molar-refractivity contribution in [3.8, 4) is 11.4 Å². The Morgan fingerprint density at radius 1 is 1.46 bits per heavy atom. The molecule has 3 aliphatic rings. The Morgan fingerprint density at radius 2 is 2.38 bits per heavy atom. The Kier molecular flexibility index (Phi) is 1.18. The molecule has 1 atom stereocenters. The Hall–Kier alpha value is -1.56. The number of hydrogen-bond acceptors (Lipinski definition) is 4. The molecule has 0 aromatic rings. The molecule has 0 aliphatic carbocycles. The van der Waals surface area contributed by atoms with E-state index in [1.54, 1.807) is 22.4 Å². The van der Waals surface area contributed by atoms with Crippen LogP contribution in [0.15, 0.2) is 23.0 Å². The molecule has 0 aromatic carbocycles. The molecule has 0 spiro atoms. The molecule has 3 aliphatic heterocycles. The Labute approximate surface area is 75.9 Å². The van der Waals surface area contributed by atoms with Gasteiger partial charge in [0.05, 0.1) is 11.8 Å². The molecule has 0 fully saturated rings. The molecule has 3 heterocycles. The highest BCUT2D eigenvalue weighted by Crippen LogP contribution is 2.21. The topological polar surface area (TPSA) is 60.7 Å². The Bertz CT molecular complexity index is 503. The lowest BCUT2D eigenvalue weighted by Crippen LogP contribution is -2.00. The molecule has 1 unspecified atom stereocenters. The standard InChI is InChI=1S/C7H4N4OS/c12-13-2-1-11-4-5-3-8-10-6(5)9-7(11)13/h1-4H. The monoisotopic (exact) mass is 192 g/mol. The van der Waals surface area contributed by atoms with Gasteiger partial charge < -0.3 is 0 Å². The second kappa shape index (κ2) is 2.23. The van der Waals surface area contributed by atoms with E-state index in [1.165, 1.54) is 0 Å². The average Bonchev–Trinajstić information content (AvgIpc) is 2.70. The van der Waals surface area contributed by atoms with E-state index in [0.717, 1.165) is 5.56 Å². The predicted octanol–water partition coefficient (Wildman–Crippen LogP) is 0.327. The van der Waals surface area contributed by atoms with Crippen molar-refractivity contribution >= 4 is 17.0 Å². The van der Waals surface area contributed by atoms with Crippen molar-refractivity contribution in [3.63, 3.8) is 0 Å². The van der Waals surface area contributed by atoms with Gasteiger partial charge >= 0.3 is 0 Å². The maximum absolute atomic E-state index is 11.3. The van der Waals surface area contributed by atoms with Crippen molar-refractivity contribution < 1.29 is 4.21 Å². The lowest BCUT2D eigenvalue weighted by molar-refractivity contribution is 0.679. The van der Waals surface area contributed by atoms with Gasteiger partial charge in [-0.05, 0) is 0 Å². The highest BCUT2D eigenvalue weighted by Gasteiger charge is 2.17. The van der Waals surface area contributed by atoms with Crippen LogP contribution < -0.4 is 0 Å². The van der Waals surface area contributed by atoms with Crippen LogP contribution >= 0.6 is 0 Å². The molecule has 0 radical (unpaired) electrons.